The number of esters is 1. The van der Waals surface area contributed by atoms with Gasteiger partial charge in [-0.15, -0.1) is 0 Å². The first kappa shape index (κ1) is 20.6. The van der Waals surface area contributed by atoms with Gasteiger partial charge in [-0.1, -0.05) is 24.3 Å². The van der Waals surface area contributed by atoms with Crippen LogP contribution in [0.1, 0.15) is 53.1 Å². The topological polar surface area (TPSA) is 76.8 Å². The maximum absolute atomic E-state index is 13.5. The van der Waals surface area contributed by atoms with Gasteiger partial charge < -0.3 is 9.15 Å². The third kappa shape index (κ3) is 3.42. The van der Waals surface area contributed by atoms with Crippen molar-refractivity contribution >= 4 is 27.0 Å². The van der Waals surface area contributed by atoms with Gasteiger partial charge in [-0.2, -0.15) is 4.31 Å². The van der Waals surface area contributed by atoms with E-state index in [-0.39, 0.29) is 23.3 Å². The maximum atomic E-state index is 13.5. The highest BCUT2D eigenvalue weighted by atomic mass is 32.2. The molecule has 0 amide bonds. The lowest BCUT2D eigenvalue weighted by Gasteiger charge is -2.25. The Hall–Kier alpha value is -2.64. The number of rotatable bonds is 5. The number of aryl methyl sites for hydroxylation is 2. The van der Waals surface area contributed by atoms with Crippen LogP contribution in [0.25, 0.3) is 11.0 Å². The van der Waals surface area contributed by atoms with E-state index in [4.69, 9.17) is 9.15 Å². The number of fused-ring (bicyclic) bond motifs is 1. The molecular weight excluding hydrogens is 402 g/mol. The molecule has 0 radical (unpaired) electrons. The van der Waals surface area contributed by atoms with E-state index in [0.717, 1.165) is 24.0 Å². The third-order valence-corrected chi connectivity index (χ3v) is 7.63. The molecular formula is C23H25NO5S. The van der Waals surface area contributed by atoms with Crippen molar-refractivity contribution in [3.8, 4) is 0 Å². The molecule has 0 bridgehead atoms. The predicted octanol–water partition coefficient (Wildman–Crippen LogP) is 4.75. The zero-order valence-corrected chi connectivity index (χ0v) is 18.2. The Bertz CT molecular complexity index is 1210. The summed E-state index contributed by atoms with van der Waals surface area (Å²) >= 11 is 0. The van der Waals surface area contributed by atoms with Crippen LogP contribution in [-0.2, 0) is 14.8 Å². The van der Waals surface area contributed by atoms with Gasteiger partial charge in [0, 0.05) is 17.5 Å². The SMILES string of the molecule is CCOC(=O)c1oc2ccc(S(=O)(=O)N3CCCC3c3ccccc3C)cc2c1C. The molecule has 1 saturated heterocycles. The second-order valence-corrected chi connectivity index (χ2v) is 9.46. The second-order valence-electron chi connectivity index (χ2n) is 7.56. The highest BCUT2D eigenvalue weighted by Gasteiger charge is 2.37. The Morgan fingerprint density at radius 2 is 1.97 bits per heavy atom. The molecule has 0 aliphatic carbocycles. The summed E-state index contributed by atoms with van der Waals surface area (Å²) in [7, 11) is -3.71. The molecule has 1 aliphatic rings. The van der Waals surface area contributed by atoms with E-state index < -0.39 is 16.0 Å². The monoisotopic (exact) mass is 427 g/mol. The minimum atomic E-state index is -3.71. The van der Waals surface area contributed by atoms with Crippen molar-refractivity contribution in [1.29, 1.82) is 0 Å². The van der Waals surface area contributed by atoms with Gasteiger partial charge in [0.25, 0.3) is 0 Å². The smallest absolute Gasteiger partial charge is 0.374 e. The van der Waals surface area contributed by atoms with Crippen molar-refractivity contribution in [2.45, 2.75) is 44.6 Å². The van der Waals surface area contributed by atoms with Gasteiger partial charge in [0.05, 0.1) is 17.5 Å². The normalized spacial score (nSPS) is 17.5. The highest BCUT2D eigenvalue weighted by Crippen LogP contribution is 2.38. The number of ether oxygens (including phenoxy) is 1. The fourth-order valence-electron chi connectivity index (χ4n) is 4.19. The summed E-state index contributed by atoms with van der Waals surface area (Å²) in [6.45, 7) is 6.19. The quantitative estimate of drug-likeness (QED) is 0.549. The van der Waals surface area contributed by atoms with Gasteiger partial charge >= 0.3 is 5.97 Å². The number of nitrogens with zero attached hydrogens (tertiary/aromatic N) is 1. The minimum Gasteiger partial charge on any atom is -0.460 e. The van der Waals surface area contributed by atoms with E-state index in [9.17, 15) is 13.2 Å². The standard InChI is InChI=1S/C23H25NO5S/c1-4-28-23(25)22-16(3)19-14-17(11-12-21(19)29-22)30(26,27)24-13-7-10-20(24)18-9-6-5-8-15(18)2/h5-6,8-9,11-12,14,20H,4,7,10,13H2,1-3H3. The van der Waals surface area contributed by atoms with E-state index in [0.29, 0.717) is 23.1 Å². The molecule has 0 spiro atoms. The zero-order chi connectivity index (χ0) is 21.5. The van der Waals surface area contributed by atoms with Crippen molar-refractivity contribution in [3.63, 3.8) is 0 Å². The molecule has 30 heavy (non-hydrogen) atoms. The van der Waals surface area contributed by atoms with Crippen LogP contribution in [0.5, 0.6) is 0 Å². The van der Waals surface area contributed by atoms with Crippen LogP contribution in [0.15, 0.2) is 51.8 Å². The molecule has 2 aromatic carbocycles. The lowest BCUT2D eigenvalue weighted by atomic mass is 10.0. The van der Waals surface area contributed by atoms with E-state index >= 15 is 0 Å². The van der Waals surface area contributed by atoms with Crippen molar-refractivity contribution < 1.29 is 22.4 Å². The van der Waals surface area contributed by atoms with E-state index in [1.54, 1.807) is 36.4 Å². The molecule has 0 N–H and O–H groups in total. The predicted molar refractivity (Wildman–Crippen MR) is 114 cm³/mol. The van der Waals surface area contributed by atoms with E-state index in [1.807, 2.05) is 31.2 Å². The van der Waals surface area contributed by atoms with Crippen molar-refractivity contribution in [2.75, 3.05) is 13.2 Å². The Balaban J connectivity index is 1.74. The molecule has 0 saturated carbocycles. The highest BCUT2D eigenvalue weighted by molar-refractivity contribution is 7.89. The number of carbonyl (C=O) groups is 1. The van der Waals surface area contributed by atoms with Gasteiger partial charge in [0.1, 0.15) is 5.58 Å². The first-order valence-corrected chi connectivity index (χ1v) is 11.6. The Morgan fingerprint density at radius 3 is 2.70 bits per heavy atom. The summed E-state index contributed by atoms with van der Waals surface area (Å²) in [5.74, 6) is -0.435. The van der Waals surface area contributed by atoms with Crippen LogP contribution >= 0.6 is 0 Å². The van der Waals surface area contributed by atoms with Crippen molar-refractivity contribution in [1.82, 2.24) is 4.31 Å². The molecule has 1 unspecified atom stereocenters. The third-order valence-electron chi connectivity index (χ3n) is 5.73. The first-order chi connectivity index (χ1) is 14.3. The van der Waals surface area contributed by atoms with Crippen LogP contribution in [0, 0.1) is 13.8 Å². The molecule has 4 rings (SSSR count). The van der Waals surface area contributed by atoms with Crippen LogP contribution in [-0.4, -0.2) is 31.8 Å². The number of carbonyl (C=O) groups excluding carboxylic acids is 1. The Kier molecular flexibility index (Phi) is 5.42. The van der Waals surface area contributed by atoms with Crippen LogP contribution < -0.4 is 0 Å². The van der Waals surface area contributed by atoms with Crippen LogP contribution in [0.2, 0.25) is 0 Å². The average Bonchev–Trinajstić information content (AvgIpc) is 3.34. The largest absolute Gasteiger partial charge is 0.460 e. The number of sulfonamides is 1. The Morgan fingerprint density at radius 1 is 1.20 bits per heavy atom. The lowest BCUT2D eigenvalue weighted by molar-refractivity contribution is 0.0491. The minimum absolute atomic E-state index is 0.111. The summed E-state index contributed by atoms with van der Waals surface area (Å²) in [4.78, 5) is 12.3. The summed E-state index contributed by atoms with van der Waals surface area (Å²) in [6, 6.07) is 12.5. The molecule has 7 heteroatoms. The molecule has 2 heterocycles. The zero-order valence-electron chi connectivity index (χ0n) is 17.3. The molecule has 1 atom stereocenters. The van der Waals surface area contributed by atoms with E-state index in [2.05, 4.69) is 0 Å². The fourth-order valence-corrected chi connectivity index (χ4v) is 5.89. The van der Waals surface area contributed by atoms with Gasteiger partial charge in [0.2, 0.25) is 15.8 Å². The van der Waals surface area contributed by atoms with Gasteiger partial charge in [-0.3, -0.25) is 0 Å². The summed E-state index contributed by atoms with van der Waals surface area (Å²) in [5, 5.41) is 0.603. The summed E-state index contributed by atoms with van der Waals surface area (Å²) in [5.41, 5.74) is 3.18. The molecule has 3 aromatic rings. The lowest BCUT2D eigenvalue weighted by Crippen LogP contribution is -2.31. The van der Waals surface area contributed by atoms with Gasteiger partial charge in [0.15, 0.2) is 0 Å². The second kappa shape index (κ2) is 7.89. The molecule has 1 aliphatic heterocycles. The van der Waals surface area contributed by atoms with Crippen LogP contribution in [0.3, 0.4) is 0 Å². The number of hydrogen-bond donors (Lipinski definition) is 0. The van der Waals surface area contributed by atoms with Gasteiger partial charge in [-0.05, 0) is 62.9 Å². The molecule has 1 fully saturated rings. The van der Waals surface area contributed by atoms with E-state index in [1.165, 1.54) is 0 Å². The van der Waals surface area contributed by atoms with Crippen molar-refractivity contribution in [2.24, 2.45) is 0 Å². The first-order valence-electron chi connectivity index (χ1n) is 10.1. The molecule has 1 aromatic heterocycles. The average molecular weight is 428 g/mol. The number of benzene rings is 2. The molecule has 158 valence electrons. The van der Waals surface area contributed by atoms with Crippen molar-refractivity contribution in [3.05, 3.63) is 64.9 Å². The van der Waals surface area contributed by atoms with Crippen LogP contribution in [0.4, 0.5) is 0 Å². The number of furan rings is 1. The molecule has 6 nitrogen and oxygen atoms in total. The summed E-state index contributed by atoms with van der Waals surface area (Å²) in [6.07, 6.45) is 1.61. The maximum Gasteiger partial charge on any atom is 0.374 e. The summed E-state index contributed by atoms with van der Waals surface area (Å²) < 4.78 is 39.3. The fraction of sp³-hybridized carbons (Fsp3) is 0.348. The van der Waals surface area contributed by atoms with Gasteiger partial charge in [-0.25, -0.2) is 13.2 Å². The Labute approximate surface area is 176 Å². The number of hydrogen-bond acceptors (Lipinski definition) is 5.